The number of carbonyl (C=O) groups is 2. The van der Waals surface area contributed by atoms with Crippen LogP contribution in [0.1, 0.15) is 49.9 Å². The largest absolute Gasteiger partial charge is 0.452 e. The van der Waals surface area contributed by atoms with Crippen molar-refractivity contribution in [3.8, 4) is 0 Å². The number of ether oxygens (including phenoxy) is 1. The van der Waals surface area contributed by atoms with Gasteiger partial charge in [0.2, 0.25) is 0 Å². The molecule has 0 unspecified atom stereocenters. The Labute approximate surface area is 151 Å². The Morgan fingerprint density at radius 2 is 2.08 bits per heavy atom. The normalized spacial score (nSPS) is 11.6. The van der Waals surface area contributed by atoms with E-state index in [1.807, 2.05) is 0 Å². The number of hydrogen-bond acceptors (Lipinski definition) is 5. The van der Waals surface area contributed by atoms with Gasteiger partial charge in [-0.3, -0.25) is 14.9 Å². The maximum atomic E-state index is 12.0. The fourth-order valence-corrected chi connectivity index (χ4v) is 2.46. The van der Waals surface area contributed by atoms with E-state index in [9.17, 15) is 19.7 Å². The van der Waals surface area contributed by atoms with Crippen LogP contribution in [0, 0.1) is 16.0 Å². The standard InChI is InChI=1S/C17H23ClN2O5/c1-3-5-6-12(4-2)10-19-16(21)11-25-17(22)14-8-7-13(18)9-15(14)20(23)24/h7-9,12H,3-6,10-11H2,1-2H3,(H,19,21)/t12-/m0/s1. The first-order valence-electron chi connectivity index (χ1n) is 8.26. The van der Waals surface area contributed by atoms with E-state index in [2.05, 4.69) is 19.2 Å². The topological polar surface area (TPSA) is 98.5 Å². The smallest absolute Gasteiger partial charge is 0.345 e. The lowest BCUT2D eigenvalue weighted by atomic mass is 9.99. The minimum atomic E-state index is -0.934. The lowest BCUT2D eigenvalue weighted by Crippen LogP contribution is -2.33. The zero-order valence-electron chi connectivity index (χ0n) is 14.4. The highest BCUT2D eigenvalue weighted by Crippen LogP contribution is 2.23. The van der Waals surface area contributed by atoms with E-state index >= 15 is 0 Å². The van der Waals surface area contributed by atoms with Crippen LogP contribution in [-0.4, -0.2) is 30.0 Å². The second-order valence-electron chi connectivity index (χ2n) is 5.72. The van der Waals surface area contributed by atoms with Crippen LogP contribution in [0.3, 0.4) is 0 Å². The number of nitro groups is 1. The molecule has 0 saturated carbocycles. The van der Waals surface area contributed by atoms with Gasteiger partial charge in [0.05, 0.1) is 4.92 Å². The molecule has 0 heterocycles. The SMILES string of the molecule is CCCC[C@H](CC)CNC(=O)COC(=O)c1ccc(Cl)cc1[N+](=O)[O-]. The van der Waals surface area contributed by atoms with Crippen molar-refractivity contribution in [2.45, 2.75) is 39.5 Å². The number of nitrogens with zero attached hydrogens (tertiary/aromatic N) is 1. The molecule has 1 rings (SSSR count). The third-order valence-corrected chi connectivity index (χ3v) is 4.08. The van der Waals surface area contributed by atoms with Gasteiger partial charge in [0.25, 0.3) is 11.6 Å². The highest BCUT2D eigenvalue weighted by molar-refractivity contribution is 6.31. The number of benzene rings is 1. The van der Waals surface area contributed by atoms with E-state index in [4.69, 9.17) is 16.3 Å². The molecule has 0 aliphatic carbocycles. The van der Waals surface area contributed by atoms with Crippen LogP contribution >= 0.6 is 11.6 Å². The molecule has 0 aromatic heterocycles. The molecule has 8 heteroatoms. The number of unbranched alkanes of at least 4 members (excludes halogenated alkanes) is 1. The Hall–Kier alpha value is -2.15. The first kappa shape index (κ1) is 20.9. The molecule has 0 fully saturated rings. The fourth-order valence-electron chi connectivity index (χ4n) is 2.29. The third kappa shape index (κ3) is 7.09. The van der Waals surface area contributed by atoms with Crippen LogP contribution in [0.2, 0.25) is 5.02 Å². The Kier molecular flexibility index (Phi) is 8.91. The second-order valence-corrected chi connectivity index (χ2v) is 6.15. The minimum absolute atomic E-state index is 0.138. The monoisotopic (exact) mass is 370 g/mol. The van der Waals surface area contributed by atoms with Gasteiger partial charge in [-0.15, -0.1) is 0 Å². The van der Waals surface area contributed by atoms with Crippen molar-refractivity contribution in [3.05, 3.63) is 38.9 Å². The van der Waals surface area contributed by atoms with Gasteiger partial charge in [-0.05, 0) is 24.5 Å². The van der Waals surface area contributed by atoms with Gasteiger partial charge in [0.15, 0.2) is 6.61 Å². The molecule has 138 valence electrons. The van der Waals surface area contributed by atoms with Crippen LogP contribution in [0.15, 0.2) is 18.2 Å². The number of amides is 1. The quantitative estimate of drug-likeness (QED) is 0.384. The number of halogens is 1. The summed E-state index contributed by atoms with van der Waals surface area (Å²) in [4.78, 5) is 34.0. The van der Waals surface area contributed by atoms with E-state index in [0.29, 0.717) is 12.5 Å². The van der Waals surface area contributed by atoms with E-state index in [-0.39, 0.29) is 10.6 Å². The van der Waals surface area contributed by atoms with Crippen LogP contribution in [0.5, 0.6) is 0 Å². The number of nitrogens with one attached hydrogen (secondary N) is 1. The van der Waals surface area contributed by atoms with Gasteiger partial charge in [-0.1, -0.05) is 44.7 Å². The Balaban J connectivity index is 2.53. The number of esters is 1. The Morgan fingerprint density at radius 1 is 1.36 bits per heavy atom. The molecule has 1 amide bonds. The van der Waals surface area contributed by atoms with E-state index in [1.54, 1.807) is 0 Å². The van der Waals surface area contributed by atoms with Crippen LogP contribution in [-0.2, 0) is 9.53 Å². The van der Waals surface area contributed by atoms with Crippen molar-refractivity contribution in [1.82, 2.24) is 5.32 Å². The molecule has 0 aliphatic rings. The average molecular weight is 371 g/mol. The highest BCUT2D eigenvalue weighted by Gasteiger charge is 2.22. The molecule has 1 atom stereocenters. The van der Waals surface area contributed by atoms with Gasteiger partial charge in [-0.2, -0.15) is 0 Å². The molecule has 0 aliphatic heterocycles. The third-order valence-electron chi connectivity index (χ3n) is 3.84. The summed E-state index contributed by atoms with van der Waals surface area (Å²) in [5.41, 5.74) is -0.694. The van der Waals surface area contributed by atoms with Gasteiger partial charge in [-0.25, -0.2) is 4.79 Å². The predicted molar refractivity (Wildman–Crippen MR) is 94.7 cm³/mol. The fraction of sp³-hybridized carbons (Fsp3) is 0.529. The van der Waals surface area contributed by atoms with E-state index in [1.165, 1.54) is 12.1 Å². The van der Waals surface area contributed by atoms with Gasteiger partial charge >= 0.3 is 5.97 Å². The molecule has 0 spiro atoms. The molecule has 1 aromatic carbocycles. The Bertz CT molecular complexity index is 621. The van der Waals surface area contributed by atoms with Crippen molar-refractivity contribution in [2.24, 2.45) is 5.92 Å². The number of rotatable bonds is 10. The molecule has 0 radical (unpaired) electrons. The summed E-state index contributed by atoms with van der Waals surface area (Å²) < 4.78 is 4.87. The van der Waals surface area contributed by atoms with E-state index in [0.717, 1.165) is 31.7 Å². The first-order valence-corrected chi connectivity index (χ1v) is 8.64. The van der Waals surface area contributed by atoms with Crippen molar-refractivity contribution in [2.75, 3.05) is 13.2 Å². The highest BCUT2D eigenvalue weighted by atomic mass is 35.5. The summed E-state index contributed by atoms with van der Waals surface area (Å²) in [6, 6.07) is 3.63. The van der Waals surface area contributed by atoms with Crippen LogP contribution in [0.4, 0.5) is 5.69 Å². The molecule has 0 bridgehead atoms. The molecule has 1 N–H and O–H groups in total. The molecule has 25 heavy (non-hydrogen) atoms. The predicted octanol–water partition coefficient (Wildman–Crippen LogP) is 3.74. The van der Waals surface area contributed by atoms with E-state index < -0.39 is 29.1 Å². The maximum absolute atomic E-state index is 12.0. The minimum Gasteiger partial charge on any atom is -0.452 e. The number of nitro benzene ring substituents is 1. The first-order chi connectivity index (χ1) is 11.9. The molecule has 7 nitrogen and oxygen atoms in total. The molecule has 0 saturated heterocycles. The van der Waals surface area contributed by atoms with Gasteiger partial charge in [0, 0.05) is 17.6 Å². The van der Waals surface area contributed by atoms with Crippen molar-refractivity contribution in [1.29, 1.82) is 0 Å². The molecular formula is C17H23ClN2O5. The summed E-state index contributed by atoms with van der Waals surface area (Å²) in [5, 5.41) is 13.8. The van der Waals surface area contributed by atoms with Crippen molar-refractivity contribution in [3.63, 3.8) is 0 Å². The lowest BCUT2D eigenvalue weighted by Gasteiger charge is -2.15. The van der Waals surface area contributed by atoms with Crippen molar-refractivity contribution >= 4 is 29.2 Å². The maximum Gasteiger partial charge on any atom is 0.345 e. The lowest BCUT2D eigenvalue weighted by molar-refractivity contribution is -0.385. The number of carbonyl (C=O) groups excluding carboxylic acids is 2. The van der Waals surface area contributed by atoms with Crippen LogP contribution < -0.4 is 5.32 Å². The summed E-state index contributed by atoms with van der Waals surface area (Å²) in [5.74, 6) is -0.978. The Morgan fingerprint density at radius 3 is 2.68 bits per heavy atom. The zero-order valence-corrected chi connectivity index (χ0v) is 15.2. The molecular weight excluding hydrogens is 348 g/mol. The summed E-state index contributed by atoms with van der Waals surface area (Å²) >= 11 is 5.69. The zero-order chi connectivity index (χ0) is 18.8. The summed E-state index contributed by atoms with van der Waals surface area (Å²) in [6.45, 7) is 4.21. The average Bonchev–Trinajstić information content (AvgIpc) is 2.59. The molecule has 1 aromatic rings. The second kappa shape index (κ2) is 10.7. The van der Waals surface area contributed by atoms with Crippen LogP contribution in [0.25, 0.3) is 0 Å². The van der Waals surface area contributed by atoms with Gasteiger partial charge in [0.1, 0.15) is 5.56 Å². The van der Waals surface area contributed by atoms with Crippen molar-refractivity contribution < 1.29 is 19.2 Å². The summed E-state index contributed by atoms with van der Waals surface area (Å²) in [7, 11) is 0. The summed E-state index contributed by atoms with van der Waals surface area (Å²) in [6.07, 6.45) is 4.19. The van der Waals surface area contributed by atoms with Gasteiger partial charge < -0.3 is 10.1 Å². The number of hydrogen-bond donors (Lipinski definition) is 1.